The Morgan fingerprint density at radius 2 is 2.06 bits per heavy atom. The number of carbonyl (C=O) groups excluding carboxylic acids is 1. The van der Waals surface area contributed by atoms with Crippen LogP contribution in [0.3, 0.4) is 0 Å². The van der Waals surface area contributed by atoms with Gasteiger partial charge in [0.05, 0.1) is 0 Å². The third kappa shape index (κ3) is 7.65. The van der Waals surface area contributed by atoms with Crippen molar-refractivity contribution in [3.05, 3.63) is 0 Å². The number of methoxy groups -OCH3 is 1. The lowest BCUT2D eigenvalue weighted by molar-refractivity contribution is -0.121. The topological polar surface area (TPSA) is 50.4 Å². The molecule has 0 aliphatic heterocycles. The third-order valence-electron chi connectivity index (χ3n) is 2.68. The van der Waals surface area contributed by atoms with Gasteiger partial charge in [0, 0.05) is 39.8 Å². The van der Waals surface area contributed by atoms with Crippen LogP contribution >= 0.6 is 0 Å². The molecule has 0 aromatic carbocycles. The summed E-state index contributed by atoms with van der Waals surface area (Å²) in [6, 6.07) is 0.210. The highest BCUT2D eigenvalue weighted by atomic mass is 16.5. The van der Waals surface area contributed by atoms with Crippen LogP contribution in [-0.4, -0.2) is 39.3 Å². The molecule has 1 unspecified atom stereocenters. The van der Waals surface area contributed by atoms with Crippen molar-refractivity contribution in [3.8, 4) is 0 Å². The van der Waals surface area contributed by atoms with Gasteiger partial charge in [-0.1, -0.05) is 13.8 Å². The van der Waals surface area contributed by atoms with Crippen molar-refractivity contribution in [2.45, 2.75) is 39.7 Å². The van der Waals surface area contributed by atoms with Crippen LogP contribution in [0.2, 0.25) is 0 Å². The summed E-state index contributed by atoms with van der Waals surface area (Å²) in [5.41, 5.74) is 0.201. The van der Waals surface area contributed by atoms with Crippen molar-refractivity contribution in [2.24, 2.45) is 5.41 Å². The normalized spacial score (nSPS) is 13.6. The van der Waals surface area contributed by atoms with Crippen LogP contribution in [0.15, 0.2) is 0 Å². The van der Waals surface area contributed by atoms with Crippen molar-refractivity contribution in [3.63, 3.8) is 0 Å². The Labute approximate surface area is 99.1 Å². The van der Waals surface area contributed by atoms with Crippen molar-refractivity contribution >= 4 is 5.91 Å². The molecule has 4 nitrogen and oxygen atoms in total. The largest absolute Gasteiger partial charge is 0.385 e. The first kappa shape index (κ1) is 15.4. The van der Waals surface area contributed by atoms with Gasteiger partial charge >= 0.3 is 0 Å². The summed E-state index contributed by atoms with van der Waals surface area (Å²) in [7, 11) is 3.38. The van der Waals surface area contributed by atoms with E-state index in [0.29, 0.717) is 6.42 Å². The number of hydrogen-bond donors (Lipinski definition) is 2. The van der Waals surface area contributed by atoms with E-state index in [9.17, 15) is 4.79 Å². The first-order valence-corrected chi connectivity index (χ1v) is 5.84. The van der Waals surface area contributed by atoms with E-state index in [2.05, 4.69) is 24.5 Å². The van der Waals surface area contributed by atoms with Gasteiger partial charge in [-0.3, -0.25) is 4.79 Å². The minimum Gasteiger partial charge on any atom is -0.385 e. The number of hydrogen-bond acceptors (Lipinski definition) is 3. The van der Waals surface area contributed by atoms with Crippen molar-refractivity contribution < 1.29 is 9.53 Å². The summed E-state index contributed by atoms with van der Waals surface area (Å²) >= 11 is 0. The van der Waals surface area contributed by atoms with Gasteiger partial charge in [-0.15, -0.1) is 0 Å². The second kappa shape index (κ2) is 7.63. The molecule has 0 aromatic heterocycles. The van der Waals surface area contributed by atoms with Gasteiger partial charge in [-0.05, 0) is 18.8 Å². The zero-order valence-corrected chi connectivity index (χ0v) is 11.2. The van der Waals surface area contributed by atoms with E-state index in [4.69, 9.17) is 4.74 Å². The van der Waals surface area contributed by atoms with Crippen molar-refractivity contribution in [2.75, 3.05) is 27.3 Å². The Morgan fingerprint density at radius 1 is 1.44 bits per heavy atom. The molecule has 0 aliphatic rings. The van der Waals surface area contributed by atoms with E-state index >= 15 is 0 Å². The van der Waals surface area contributed by atoms with Crippen molar-refractivity contribution in [1.82, 2.24) is 10.6 Å². The molecule has 0 aliphatic carbocycles. The zero-order chi connectivity index (χ0) is 12.6. The molecule has 2 N–H and O–H groups in total. The SMILES string of the molecule is CNC(=O)CC(C)NCC(C)(C)CCOC. The lowest BCUT2D eigenvalue weighted by Crippen LogP contribution is -2.38. The number of amides is 1. The Hall–Kier alpha value is -0.610. The summed E-state index contributed by atoms with van der Waals surface area (Å²) in [4.78, 5) is 11.1. The maximum Gasteiger partial charge on any atom is 0.221 e. The van der Waals surface area contributed by atoms with Gasteiger partial charge in [0.15, 0.2) is 0 Å². The molecule has 4 heteroatoms. The smallest absolute Gasteiger partial charge is 0.221 e. The molecular formula is C12H26N2O2. The van der Waals surface area contributed by atoms with E-state index in [1.54, 1.807) is 14.2 Å². The van der Waals surface area contributed by atoms with Crippen LogP contribution in [-0.2, 0) is 9.53 Å². The second-order valence-corrected chi connectivity index (χ2v) is 5.07. The lowest BCUT2D eigenvalue weighted by atomic mass is 9.89. The van der Waals surface area contributed by atoms with Gasteiger partial charge in [0.1, 0.15) is 0 Å². The molecule has 0 saturated carbocycles. The molecule has 0 aromatic rings. The van der Waals surface area contributed by atoms with Crippen LogP contribution in [0.25, 0.3) is 0 Å². The van der Waals surface area contributed by atoms with Crippen LogP contribution in [0.4, 0.5) is 0 Å². The fourth-order valence-electron chi connectivity index (χ4n) is 1.37. The van der Waals surface area contributed by atoms with Gasteiger partial charge in [0.2, 0.25) is 5.91 Å². The summed E-state index contributed by atoms with van der Waals surface area (Å²) < 4.78 is 5.07. The first-order valence-electron chi connectivity index (χ1n) is 5.84. The van der Waals surface area contributed by atoms with E-state index in [1.807, 2.05) is 6.92 Å². The Balaban J connectivity index is 3.80. The molecule has 16 heavy (non-hydrogen) atoms. The molecule has 0 spiro atoms. The van der Waals surface area contributed by atoms with Gasteiger partial charge in [-0.25, -0.2) is 0 Å². The van der Waals surface area contributed by atoms with Crippen LogP contribution < -0.4 is 10.6 Å². The Bertz CT molecular complexity index is 205. The monoisotopic (exact) mass is 230 g/mol. The van der Waals surface area contributed by atoms with E-state index in [0.717, 1.165) is 19.6 Å². The van der Waals surface area contributed by atoms with Gasteiger partial charge in [-0.2, -0.15) is 0 Å². The fraction of sp³-hybridized carbons (Fsp3) is 0.917. The molecule has 0 saturated heterocycles. The predicted octanol–water partition coefficient (Wildman–Crippen LogP) is 1.16. The van der Waals surface area contributed by atoms with E-state index < -0.39 is 0 Å². The summed E-state index contributed by atoms with van der Waals surface area (Å²) in [5, 5.41) is 6.01. The fourth-order valence-corrected chi connectivity index (χ4v) is 1.37. The highest BCUT2D eigenvalue weighted by Gasteiger charge is 2.18. The van der Waals surface area contributed by atoms with E-state index in [1.165, 1.54) is 0 Å². The summed E-state index contributed by atoms with van der Waals surface area (Å²) in [6.07, 6.45) is 1.54. The van der Waals surface area contributed by atoms with Crippen LogP contribution in [0.5, 0.6) is 0 Å². The molecule has 1 amide bonds. The van der Waals surface area contributed by atoms with Crippen LogP contribution in [0.1, 0.15) is 33.6 Å². The third-order valence-corrected chi connectivity index (χ3v) is 2.68. The maximum atomic E-state index is 11.1. The van der Waals surface area contributed by atoms with Gasteiger partial charge < -0.3 is 15.4 Å². The molecule has 0 radical (unpaired) electrons. The first-order chi connectivity index (χ1) is 7.41. The number of carbonyl (C=O) groups is 1. The Kier molecular flexibility index (Phi) is 7.34. The Morgan fingerprint density at radius 3 is 2.56 bits per heavy atom. The highest BCUT2D eigenvalue weighted by molar-refractivity contribution is 5.76. The average molecular weight is 230 g/mol. The molecular weight excluding hydrogens is 204 g/mol. The number of rotatable bonds is 8. The standard InChI is InChI=1S/C12H26N2O2/c1-10(8-11(15)13-4)14-9-12(2,3)6-7-16-5/h10,14H,6-9H2,1-5H3,(H,13,15). The zero-order valence-electron chi connectivity index (χ0n) is 11.2. The highest BCUT2D eigenvalue weighted by Crippen LogP contribution is 2.19. The molecule has 0 heterocycles. The van der Waals surface area contributed by atoms with Crippen LogP contribution in [0, 0.1) is 5.41 Å². The number of ether oxygens (including phenoxy) is 1. The minimum absolute atomic E-state index is 0.0784. The minimum atomic E-state index is 0.0784. The lowest BCUT2D eigenvalue weighted by Gasteiger charge is -2.26. The number of nitrogens with one attached hydrogen (secondary N) is 2. The van der Waals surface area contributed by atoms with Crippen molar-refractivity contribution in [1.29, 1.82) is 0 Å². The predicted molar refractivity (Wildman–Crippen MR) is 66.4 cm³/mol. The average Bonchev–Trinajstić information content (AvgIpc) is 2.24. The quantitative estimate of drug-likeness (QED) is 0.658. The molecule has 0 rings (SSSR count). The molecule has 0 fully saturated rings. The van der Waals surface area contributed by atoms with E-state index in [-0.39, 0.29) is 17.4 Å². The molecule has 1 atom stereocenters. The maximum absolute atomic E-state index is 11.1. The van der Waals surface area contributed by atoms with Gasteiger partial charge in [0.25, 0.3) is 0 Å². The summed E-state index contributed by atoms with van der Waals surface area (Å²) in [5.74, 6) is 0.0784. The summed E-state index contributed by atoms with van der Waals surface area (Å²) in [6.45, 7) is 8.10. The molecule has 96 valence electrons. The second-order valence-electron chi connectivity index (χ2n) is 5.07. The molecule has 0 bridgehead atoms.